The molecule has 1 amide bonds. The van der Waals surface area contributed by atoms with Crippen LogP contribution in [0.25, 0.3) is 0 Å². The summed E-state index contributed by atoms with van der Waals surface area (Å²) >= 11 is 0. The van der Waals surface area contributed by atoms with Crippen molar-refractivity contribution in [2.45, 2.75) is 56.3 Å². The van der Waals surface area contributed by atoms with E-state index < -0.39 is 0 Å². The summed E-state index contributed by atoms with van der Waals surface area (Å²) in [6.45, 7) is 1.47. The fourth-order valence-electron chi connectivity index (χ4n) is 4.17. The standard InChI is InChI=1S/C17H22N2O2/c20-16-19(12-13-4-2-1-3-5-13)9-8-17(21-16)10-14-6-7-15(11-17)18-14/h1-5,14-15,18H,6-12H2/t14-,15+,17?. The van der Waals surface area contributed by atoms with E-state index in [0.29, 0.717) is 18.6 Å². The zero-order valence-electron chi connectivity index (χ0n) is 12.3. The molecular weight excluding hydrogens is 264 g/mol. The number of amides is 1. The largest absolute Gasteiger partial charge is 0.443 e. The lowest BCUT2D eigenvalue weighted by Crippen LogP contribution is -2.56. The van der Waals surface area contributed by atoms with Gasteiger partial charge in [0, 0.05) is 44.4 Å². The van der Waals surface area contributed by atoms with Crippen molar-refractivity contribution in [3.05, 3.63) is 35.9 Å². The van der Waals surface area contributed by atoms with Crippen molar-refractivity contribution in [2.24, 2.45) is 0 Å². The molecule has 3 aliphatic heterocycles. The summed E-state index contributed by atoms with van der Waals surface area (Å²) < 4.78 is 5.93. The summed E-state index contributed by atoms with van der Waals surface area (Å²) in [6, 6.07) is 11.2. The number of ether oxygens (including phenoxy) is 1. The lowest BCUT2D eigenvalue weighted by molar-refractivity contribution is -0.0757. The van der Waals surface area contributed by atoms with Crippen molar-refractivity contribution < 1.29 is 9.53 Å². The molecule has 3 atom stereocenters. The molecule has 0 aromatic heterocycles. The topological polar surface area (TPSA) is 41.6 Å². The molecule has 1 spiro atoms. The Balaban J connectivity index is 1.43. The highest BCUT2D eigenvalue weighted by atomic mass is 16.6. The van der Waals surface area contributed by atoms with Crippen molar-refractivity contribution in [1.29, 1.82) is 0 Å². The third-order valence-electron chi connectivity index (χ3n) is 5.19. The van der Waals surface area contributed by atoms with E-state index in [1.54, 1.807) is 0 Å². The van der Waals surface area contributed by atoms with Gasteiger partial charge in [-0.3, -0.25) is 0 Å². The Bertz CT molecular complexity index is 519. The van der Waals surface area contributed by atoms with Crippen LogP contribution in [-0.4, -0.2) is 35.2 Å². The Hall–Kier alpha value is -1.55. The number of rotatable bonds is 2. The molecule has 1 aromatic carbocycles. The van der Waals surface area contributed by atoms with E-state index in [2.05, 4.69) is 17.4 Å². The van der Waals surface area contributed by atoms with Crippen molar-refractivity contribution >= 4 is 6.09 Å². The van der Waals surface area contributed by atoms with Crippen LogP contribution in [0.15, 0.2) is 30.3 Å². The number of piperidine rings is 1. The molecule has 0 radical (unpaired) electrons. The first kappa shape index (κ1) is 13.1. The normalized spacial score (nSPS) is 35.0. The number of hydrogen-bond acceptors (Lipinski definition) is 3. The number of nitrogens with one attached hydrogen (secondary N) is 1. The number of fused-ring (bicyclic) bond motifs is 2. The van der Waals surface area contributed by atoms with Gasteiger partial charge in [0.2, 0.25) is 0 Å². The number of hydrogen-bond donors (Lipinski definition) is 1. The van der Waals surface area contributed by atoms with Crippen LogP contribution in [0.3, 0.4) is 0 Å². The van der Waals surface area contributed by atoms with Crippen LogP contribution in [0.4, 0.5) is 4.79 Å². The molecule has 1 aromatic rings. The molecule has 0 aliphatic carbocycles. The molecular formula is C17H22N2O2. The molecule has 3 saturated heterocycles. The van der Waals surface area contributed by atoms with Gasteiger partial charge in [0.25, 0.3) is 0 Å². The third kappa shape index (κ3) is 2.53. The van der Waals surface area contributed by atoms with Gasteiger partial charge in [-0.1, -0.05) is 30.3 Å². The molecule has 1 N–H and O–H groups in total. The van der Waals surface area contributed by atoms with E-state index >= 15 is 0 Å². The Kier molecular flexibility index (Phi) is 3.14. The molecule has 4 rings (SSSR count). The van der Waals surface area contributed by atoms with Crippen molar-refractivity contribution in [1.82, 2.24) is 10.2 Å². The zero-order valence-corrected chi connectivity index (χ0v) is 12.3. The van der Waals surface area contributed by atoms with Crippen LogP contribution in [0.5, 0.6) is 0 Å². The maximum atomic E-state index is 12.4. The monoisotopic (exact) mass is 286 g/mol. The fourth-order valence-corrected chi connectivity index (χ4v) is 4.17. The maximum absolute atomic E-state index is 12.4. The quantitative estimate of drug-likeness (QED) is 0.909. The van der Waals surface area contributed by atoms with E-state index in [9.17, 15) is 4.79 Å². The lowest BCUT2D eigenvalue weighted by atomic mass is 9.83. The summed E-state index contributed by atoms with van der Waals surface area (Å²) in [6.07, 6.45) is 5.30. The van der Waals surface area contributed by atoms with E-state index in [-0.39, 0.29) is 11.7 Å². The van der Waals surface area contributed by atoms with Gasteiger partial charge in [0.1, 0.15) is 5.60 Å². The Morgan fingerprint density at radius 2 is 1.90 bits per heavy atom. The highest BCUT2D eigenvalue weighted by Gasteiger charge is 2.48. The second-order valence-corrected chi connectivity index (χ2v) is 6.75. The fraction of sp³-hybridized carbons (Fsp3) is 0.588. The molecule has 21 heavy (non-hydrogen) atoms. The molecule has 1 unspecified atom stereocenters. The minimum atomic E-state index is -0.193. The van der Waals surface area contributed by atoms with Gasteiger partial charge in [-0.25, -0.2) is 4.79 Å². The van der Waals surface area contributed by atoms with Crippen LogP contribution in [-0.2, 0) is 11.3 Å². The van der Waals surface area contributed by atoms with Gasteiger partial charge in [-0.2, -0.15) is 0 Å². The highest BCUT2D eigenvalue weighted by molar-refractivity contribution is 5.69. The Morgan fingerprint density at radius 3 is 2.57 bits per heavy atom. The first-order chi connectivity index (χ1) is 10.2. The van der Waals surface area contributed by atoms with Crippen LogP contribution in [0, 0.1) is 0 Å². The zero-order chi connectivity index (χ0) is 14.3. The van der Waals surface area contributed by atoms with Crippen molar-refractivity contribution in [3.8, 4) is 0 Å². The minimum Gasteiger partial charge on any atom is -0.443 e. The highest BCUT2D eigenvalue weighted by Crippen LogP contribution is 2.41. The number of nitrogens with zero attached hydrogens (tertiary/aromatic N) is 1. The van der Waals surface area contributed by atoms with Crippen molar-refractivity contribution in [3.63, 3.8) is 0 Å². The van der Waals surface area contributed by atoms with Crippen LogP contribution < -0.4 is 5.32 Å². The van der Waals surface area contributed by atoms with Gasteiger partial charge in [0.15, 0.2) is 0 Å². The van der Waals surface area contributed by atoms with Crippen molar-refractivity contribution in [2.75, 3.05) is 6.54 Å². The van der Waals surface area contributed by atoms with Gasteiger partial charge in [-0.05, 0) is 18.4 Å². The summed E-state index contributed by atoms with van der Waals surface area (Å²) in [5, 5.41) is 3.62. The summed E-state index contributed by atoms with van der Waals surface area (Å²) in [4.78, 5) is 14.2. The van der Waals surface area contributed by atoms with Crippen LogP contribution in [0.1, 0.15) is 37.7 Å². The van der Waals surface area contributed by atoms with Crippen LogP contribution in [0.2, 0.25) is 0 Å². The first-order valence-corrected chi connectivity index (χ1v) is 8.00. The Morgan fingerprint density at radius 1 is 1.19 bits per heavy atom. The SMILES string of the molecule is O=C1OC2(CCN1Cc1ccccc1)C[C@H]1CC[C@@H](C2)N1. The van der Waals surface area contributed by atoms with Crippen LogP contribution >= 0.6 is 0 Å². The predicted octanol–water partition coefficient (Wildman–Crippen LogP) is 2.68. The molecule has 0 saturated carbocycles. The second kappa shape index (κ2) is 5.02. The van der Waals surface area contributed by atoms with Gasteiger partial charge >= 0.3 is 6.09 Å². The number of carbonyl (C=O) groups is 1. The van der Waals surface area contributed by atoms with Gasteiger partial charge < -0.3 is 15.0 Å². The van der Waals surface area contributed by atoms with E-state index in [0.717, 1.165) is 31.4 Å². The lowest BCUT2D eigenvalue weighted by Gasteiger charge is -2.45. The van der Waals surface area contributed by atoms with E-state index in [4.69, 9.17) is 4.74 Å². The summed E-state index contributed by atoms with van der Waals surface area (Å²) in [7, 11) is 0. The van der Waals surface area contributed by atoms with Gasteiger partial charge in [0.05, 0.1) is 0 Å². The van der Waals surface area contributed by atoms with E-state index in [1.165, 1.54) is 12.8 Å². The number of benzene rings is 1. The average molecular weight is 286 g/mol. The molecule has 2 bridgehead atoms. The Labute approximate surface area is 125 Å². The second-order valence-electron chi connectivity index (χ2n) is 6.75. The van der Waals surface area contributed by atoms with Gasteiger partial charge in [-0.15, -0.1) is 0 Å². The predicted molar refractivity (Wildman–Crippen MR) is 79.9 cm³/mol. The smallest absolute Gasteiger partial charge is 0.410 e. The number of carbonyl (C=O) groups excluding carboxylic acids is 1. The molecule has 3 heterocycles. The van der Waals surface area contributed by atoms with E-state index in [1.807, 2.05) is 23.1 Å². The molecule has 4 heteroatoms. The minimum absolute atomic E-state index is 0.133. The third-order valence-corrected chi connectivity index (χ3v) is 5.19. The molecule has 4 nitrogen and oxygen atoms in total. The average Bonchev–Trinajstić information content (AvgIpc) is 2.83. The molecule has 112 valence electrons. The summed E-state index contributed by atoms with van der Waals surface area (Å²) in [5.74, 6) is 0. The molecule has 3 aliphatic rings. The molecule has 3 fully saturated rings. The first-order valence-electron chi connectivity index (χ1n) is 8.00. The maximum Gasteiger partial charge on any atom is 0.410 e. The summed E-state index contributed by atoms with van der Waals surface area (Å²) in [5.41, 5.74) is 0.970.